The van der Waals surface area contributed by atoms with Crippen molar-refractivity contribution in [3.63, 3.8) is 0 Å². The number of hydrogen-bond donors (Lipinski definition) is 2. The number of fused-ring (bicyclic) bond motifs is 1. The first-order valence-corrected chi connectivity index (χ1v) is 6.19. The molecule has 0 bridgehead atoms. The molecule has 94 valence electrons. The van der Waals surface area contributed by atoms with Gasteiger partial charge in [-0.25, -0.2) is 0 Å². The van der Waals surface area contributed by atoms with Crippen molar-refractivity contribution < 1.29 is 4.52 Å². The van der Waals surface area contributed by atoms with Crippen molar-refractivity contribution in [2.75, 3.05) is 10.6 Å². The van der Waals surface area contributed by atoms with Gasteiger partial charge in [0.05, 0.1) is 0 Å². The van der Waals surface area contributed by atoms with Crippen LogP contribution in [0.25, 0.3) is 10.9 Å². The molecular formula is C14H11N3OS. The van der Waals surface area contributed by atoms with E-state index in [1.807, 2.05) is 48.5 Å². The Morgan fingerprint density at radius 3 is 2.63 bits per heavy atom. The van der Waals surface area contributed by atoms with E-state index in [1.54, 1.807) is 6.26 Å². The highest BCUT2D eigenvalue weighted by molar-refractivity contribution is 7.80. The molecule has 19 heavy (non-hydrogen) atoms. The van der Waals surface area contributed by atoms with Crippen molar-refractivity contribution in [1.82, 2.24) is 5.16 Å². The lowest BCUT2D eigenvalue weighted by Crippen LogP contribution is -2.18. The fourth-order valence-electron chi connectivity index (χ4n) is 1.75. The molecule has 2 aromatic carbocycles. The number of nitrogens with one attached hydrogen (secondary N) is 2. The average molecular weight is 269 g/mol. The molecule has 3 rings (SSSR count). The highest BCUT2D eigenvalue weighted by Crippen LogP contribution is 2.18. The van der Waals surface area contributed by atoms with Gasteiger partial charge >= 0.3 is 0 Å². The molecule has 4 nitrogen and oxygen atoms in total. The van der Waals surface area contributed by atoms with Crippen LogP contribution in [-0.2, 0) is 0 Å². The number of para-hydroxylation sites is 1. The third kappa shape index (κ3) is 2.71. The van der Waals surface area contributed by atoms with Gasteiger partial charge in [0, 0.05) is 16.8 Å². The number of nitrogens with zero attached hydrogens (tertiary/aromatic N) is 1. The van der Waals surface area contributed by atoms with Crippen LogP contribution in [0.3, 0.4) is 0 Å². The van der Waals surface area contributed by atoms with Gasteiger partial charge in [-0.15, -0.1) is 0 Å². The molecule has 0 spiro atoms. The molecular weight excluding hydrogens is 258 g/mol. The van der Waals surface area contributed by atoms with Crippen molar-refractivity contribution >= 4 is 39.6 Å². The molecule has 0 saturated heterocycles. The quantitative estimate of drug-likeness (QED) is 0.696. The van der Waals surface area contributed by atoms with Crippen molar-refractivity contribution in [3.05, 3.63) is 54.8 Å². The summed E-state index contributed by atoms with van der Waals surface area (Å²) in [5, 5.41) is 11.6. The summed E-state index contributed by atoms with van der Waals surface area (Å²) in [4.78, 5) is 0. The van der Waals surface area contributed by atoms with E-state index in [4.69, 9.17) is 16.7 Å². The normalized spacial score (nSPS) is 10.3. The summed E-state index contributed by atoms with van der Waals surface area (Å²) in [6, 6.07) is 15.5. The smallest absolute Gasteiger partial charge is 0.175 e. The van der Waals surface area contributed by atoms with Crippen molar-refractivity contribution in [3.8, 4) is 0 Å². The minimum atomic E-state index is 0.536. The maximum Gasteiger partial charge on any atom is 0.175 e. The number of aromatic nitrogens is 1. The predicted octanol–water partition coefficient (Wildman–Crippen LogP) is 3.64. The standard InChI is InChI=1S/C14H11N3OS/c19-14(15-11-4-2-1-3-5-11)16-12-7-6-10-9-18-17-13(10)8-12/h1-9H,(H2,15,16,19). The highest BCUT2D eigenvalue weighted by Gasteiger charge is 2.02. The SMILES string of the molecule is S=C(Nc1ccccc1)Nc1ccc2conc2c1. The van der Waals surface area contributed by atoms with Gasteiger partial charge in [0.15, 0.2) is 5.11 Å². The third-order valence-electron chi connectivity index (χ3n) is 2.65. The monoisotopic (exact) mass is 269 g/mol. The second kappa shape index (κ2) is 5.07. The minimum absolute atomic E-state index is 0.536. The fraction of sp³-hybridized carbons (Fsp3) is 0. The van der Waals surface area contributed by atoms with Crippen LogP contribution >= 0.6 is 12.2 Å². The first-order chi connectivity index (χ1) is 9.31. The number of hydrogen-bond acceptors (Lipinski definition) is 3. The van der Waals surface area contributed by atoms with Crippen LogP contribution in [0.15, 0.2) is 59.3 Å². The first-order valence-electron chi connectivity index (χ1n) is 5.78. The Labute approximate surface area is 115 Å². The molecule has 0 aliphatic carbocycles. The van der Waals surface area contributed by atoms with Gasteiger partial charge in [0.1, 0.15) is 11.8 Å². The number of rotatable bonds is 2. The molecule has 2 N–H and O–H groups in total. The topological polar surface area (TPSA) is 50.1 Å². The van der Waals surface area contributed by atoms with Crippen LogP contribution in [0.4, 0.5) is 11.4 Å². The van der Waals surface area contributed by atoms with Crippen molar-refractivity contribution in [2.24, 2.45) is 0 Å². The summed E-state index contributed by atoms with van der Waals surface area (Å²) in [5.41, 5.74) is 2.62. The fourth-order valence-corrected chi connectivity index (χ4v) is 1.99. The molecule has 1 aromatic heterocycles. The van der Waals surface area contributed by atoms with Gasteiger partial charge in [-0.05, 0) is 42.5 Å². The lowest BCUT2D eigenvalue weighted by molar-refractivity contribution is 0.428. The van der Waals surface area contributed by atoms with Gasteiger partial charge in [-0.2, -0.15) is 0 Å². The zero-order valence-corrected chi connectivity index (χ0v) is 10.8. The molecule has 5 heteroatoms. The Balaban J connectivity index is 1.72. The molecule has 0 saturated carbocycles. The Hall–Kier alpha value is -2.40. The summed E-state index contributed by atoms with van der Waals surface area (Å²) < 4.78 is 4.89. The lowest BCUT2D eigenvalue weighted by Gasteiger charge is -2.10. The van der Waals surface area contributed by atoms with E-state index in [0.29, 0.717) is 5.11 Å². The van der Waals surface area contributed by atoms with Crippen LogP contribution in [0.2, 0.25) is 0 Å². The van der Waals surface area contributed by atoms with E-state index < -0.39 is 0 Å². The summed E-state index contributed by atoms with van der Waals surface area (Å²) in [6.07, 6.45) is 1.61. The van der Waals surface area contributed by atoms with Crippen LogP contribution in [0, 0.1) is 0 Å². The van der Waals surface area contributed by atoms with Crippen LogP contribution in [-0.4, -0.2) is 10.3 Å². The maximum atomic E-state index is 5.25. The first kappa shape index (κ1) is 11.7. The molecule has 0 unspecified atom stereocenters. The van der Waals surface area contributed by atoms with Gasteiger partial charge in [0.25, 0.3) is 0 Å². The second-order valence-corrected chi connectivity index (χ2v) is 4.44. The molecule has 0 fully saturated rings. The Morgan fingerprint density at radius 1 is 1.00 bits per heavy atom. The Bertz CT molecular complexity index is 709. The van der Waals surface area contributed by atoms with Crippen LogP contribution in [0.1, 0.15) is 0 Å². The van der Waals surface area contributed by atoms with Gasteiger partial charge < -0.3 is 15.2 Å². The van der Waals surface area contributed by atoms with E-state index >= 15 is 0 Å². The van der Waals surface area contributed by atoms with Crippen molar-refractivity contribution in [1.29, 1.82) is 0 Å². The summed E-state index contributed by atoms with van der Waals surface area (Å²) in [7, 11) is 0. The van der Waals surface area contributed by atoms with E-state index in [9.17, 15) is 0 Å². The average Bonchev–Trinajstić information content (AvgIpc) is 2.87. The van der Waals surface area contributed by atoms with E-state index in [-0.39, 0.29) is 0 Å². The molecule has 0 aliphatic rings. The molecule has 3 aromatic rings. The van der Waals surface area contributed by atoms with Gasteiger partial charge in [-0.1, -0.05) is 23.4 Å². The number of anilines is 2. The third-order valence-corrected chi connectivity index (χ3v) is 2.85. The molecule has 0 aliphatic heterocycles. The van der Waals surface area contributed by atoms with Crippen molar-refractivity contribution in [2.45, 2.75) is 0 Å². The summed E-state index contributed by atoms with van der Waals surface area (Å²) in [6.45, 7) is 0. The summed E-state index contributed by atoms with van der Waals surface area (Å²) in [5.74, 6) is 0. The van der Waals surface area contributed by atoms with Gasteiger partial charge in [-0.3, -0.25) is 0 Å². The summed E-state index contributed by atoms with van der Waals surface area (Å²) >= 11 is 5.25. The van der Waals surface area contributed by atoms with E-state index in [0.717, 1.165) is 22.3 Å². The molecule has 0 radical (unpaired) electrons. The highest BCUT2D eigenvalue weighted by atomic mass is 32.1. The Morgan fingerprint density at radius 2 is 1.79 bits per heavy atom. The number of benzene rings is 2. The predicted molar refractivity (Wildman–Crippen MR) is 80.3 cm³/mol. The second-order valence-electron chi connectivity index (χ2n) is 4.03. The van der Waals surface area contributed by atoms with E-state index in [1.165, 1.54) is 0 Å². The minimum Gasteiger partial charge on any atom is -0.364 e. The molecule has 0 amide bonds. The number of thiocarbonyl (C=S) groups is 1. The zero-order chi connectivity index (χ0) is 13.1. The van der Waals surface area contributed by atoms with E-state index in [2.05, 4.69) is 15.8 Å². The van der Waals surface area contributed by atoms with Crippen LogP contribution < -0.4 is 10.6 Å². The Kier molecular flexibility index (Phi) is 3.12. The lowest BCUT2D eigenvalue weighted by atomic mass is 10.2. The zero-order valence-electron chi connectivity index (χ0n) is 9.96. The molecule has 1 heterocycles. The van der Waals surface area contributed by atoms with Crippen LogP contribution in [0.5, 0.6) is 0 Å². The van der Waals surface area contributed by atoms with Gasteiger partial charge in [0.2, 0.25) is 0 Å². The molecule has 0 atom stereocenters. The largest absolute Gasteiger partial charge is 0.364 e. The maximum absolute atomic E-state index is 5.25.